The third-order valence-corrected chi connectivity index (χ3v) is 8.14. The molecule has 7 nitrogen and oxygen atoms in total. The summed E-state index contributed by atoms with van der Waals surface area (Å²) < 4.78 is 6.65. The number of ketones is 1. The van der Waals surface area contributed by atoms with E-state index in [2.05, 4.69) is 37.8 Å². The standard InChI is InChI=1S/C36H51N3O4.ClH/c1-6-10-15-30-25-32-26-31(36(42)38(9-4)27-33(40)43-5)20-24-39(32)34(30)35(41)29-18-16-28(17-19-29)14-13-23-37(21-11-7-2)22-12-8-3;/h16-20,24-26H,6-15,21-23,27H2,1-5H3;1H. The number of hydrogen-bond donors (Lipinski definition) is 0. The molecule has 0 saturated heterocycles. The molecule has 3 rings (SSSR count). The highest BCUT2D eigenvalue weighted by atomic mass is 35.5. The second kappa shape index (κ2) is 19.3. The first-order chi connectivity index (χ1) is 20.9. The predicted molar refractivity (Wildman–Crippen MR) is 181 cm³/mol. The van der Waals surface area contributed by atoms with Gasteiger partial charge in [-0.15, -0.1) is 12.4 Å². The monoisotopic (exact) mass is 625 g/mol. The SMILES string of the molecule is CCCCc1cc2cc(C(=O)N(CC)CC(=O)OC)ccn2c1C(=O)c1ccc(CCCN(CCCC)CCCC)cc1.Cl. The topological polar surface area (TPSA) is 71.3 Å². The molecule has 1 aromatic carbocycles. The van der Waals surface area contributed by atoms with Gasteiger partial charge in [-0.1, -0.05) is 64.3 Å². The summed E-state index contributed by atoms with van der Waals surface area (Å²) in [5.41, 5.74) is 4.83. The number of methoxy groups -OCH3 is 1. The van der Waals surface area contributed by atoms with Crippen molar-refractivity contribution in [3.63, 3.8) is 0 Å². The maximum atomic E-state index is 13.9. The first kappa shape index (κ1) is 37.0. The summed E-state index contributed by atoms with van der Waals surface area (Å²) in [6.45, 7) is 12.2. The first-order valence-electron chi connectivity index (χ1n) is 16.2. The van der Waals surface area contributed by atoms with Crippen LogP contribution in [0.4, 0.5) is 0 Å². The van der Waals surface area contributed by atoms with E-state index in [9.17, 15) is 14.4 Å². The van der Waals surface area contributed by atoms with Crippen LogP contribution in [0, 0.1) is 0 Å². The number of esters is 1. The van der Waals surface area contributed by atoms with Crippen LogP contribution in [-0.2, 0) is 22.4 Å². The third-order valence-electron chi connectivity index (χ3n) is 8.14. The Balaban J connectivity index is 0.00000675. The molecule has 2 heterocycles. The molecule has 0 N–H and O–H groups in total. The Labute approximate surface area is 270 Å². The number of amides is 1. The lowest BCUT2D eigenvalue weighted by Crippen LogP contribution is -2.36. The first-order valence-corrected chi connectivity index (χ1v) is 16.2. The molecule has 0 radical (unpaired) electrons. The number of benzene rings is 1. The fourth-order valence-electron chi connectivity index (χ4n) is 5.48. The minimum absolute atomic E-state index is 0. The highest BCUT2D eigenvalue weighted by Gasteiger charge is 2.22. The predicted octanol–water partition coefficient (Wildman–Crippen LogP) is 7.40. The number of aryl methyl sites for hydroxylation is 2. The number of halogens is 1. The molecule has 1 amide bonds. The highest BCUT2D eigenvalue weighted by molar-refractivity contribution is 6.10. The van der Waals surface area contributed by atoms with Gasteiger partial charge in [-0.05, 0) is 94.4 Å². The Morgan fingerprint density at radius 3 is 2.00 bits per heavy atom. The zero-order valence-electron chi connectivity index (χ0n) is 27.4. The summed E-state index contributed by atoms with van der Waals surface area (Å²) in [4.78, 5) is 42.9. The van der Waals surface area contributed by atoms with Crippen molar-refractivity contribution in [2.75, 3.05) is 39.8 Å². The lowest BCUT2D eigenvalue weighted by molar-refractivity contribution is -0.141. The fourth-order valence-corrected chi connectivity index (χ4v) is 5.48. The number of pyridine rings is 1. The largest absolute Gasteiger partial charge is 0.468 e. The van der Waals surface area contributed by atoms with Gasteiger partial charge in [-0.2, -0.15) is 0 Å². The average Bonchev–Trinajstić information content (AvgIpc) is 3.40. The van der Waals surface area contributed by atoms with Crippen LogP contribution in [0.15, 0.2) is 48.7 Å². The Morgan fingerprint density at radius 2 is 1.41 bits per heavy atom. The molecule has 8 heteroatoms. The highest BCUT2D eigenvalue weighted by Crippen LogP contribution is 2.24. The van der Waals surface area contributed by atoms with Gasteiger partial charge in [0.1, 0.15) is 6.54 Å². The van der Waals surface area contributed by atoms with Crippen LogP contribution >= 0.6 is 12.4 Å². The molecule has 0 unspecified atom stereocenters. The van der Waals surface area contributed by atoms with Crippen LogP contribution in [0.1, 0.15) is 110 Å². The Kier molecular flexibility index (Phi) is 16.2. The normalized spacial score (nSPS) is 11.0. The van der Waals surface area contributed by atoms with Crippen LogP contribution in [-0.4, -0.2) is 71.7 Å². The zero-order valence-corrected chi connectivity index (χ0v) is 28.2. The second-order valence-electron chi connectivity index (χ2n) is 11.4. The van der Waals surface area contributed by atoms with E-state index >= 15 is 0 Å². The van der Waals surface area contributed by atoms with Crippen LogP contribution in [0.25, 0.3) is 5.52 Å². The molecule has 0 spiro atoms. The van der Waals surface area contributed by atoms with E-state index in [0.29, 0.717) is 23.4 Å². The van der Waals surface area contributed by atoms with Crippen molar-refractivity contribution >= 4 is 35.6 Å². The number of hydrogen-bond acceptors (Lipinski definition) is 5. The summed E-state index contributed by atoms with van der Waals surface area (Å²) in [5, 5.41) is 0. The molecular formula is C36H52ClN3O4. The zero-order chi connectivity index (χ0) is 31.2. The number of fused-ring (bicyclic) bond motifs is 1. The molecule has 0 saturated carbocycles. The molecule has 0 aliphatic heterocycles. The number of carbonyl (C=O) groups is 3. The van der Waals surface area contributed by atoms with Gasteiger partial charge in [0.05, 0.1) is 12.8 Å². The van der Waals surface area contributed by atoms with Crippen molar-refractivity contribution in [2.24, 2.45) is 0 Å². The smallest absolute Gasteiger partial charge is 0.325 e. The van der Waals surface area contributed by atoms with Crippen molar-refractivity contribution in [1.29, 1.82) is 0 Å². The Bertz CT molecular complexity index is 1330. The van der Waals surface area contributed by atoms with Crippen LogP contribution in [0.2, 0.25) is 0 Å². The minimum atomic E-state index is -0.458. The molecular weight excluding hydrogens is 574 g/mol. The molecule has 0 aliphatic carbocycles. The molecule has 3 aromatic rings. The van der Waals surface area contributed by atoms with Gasteiger partial charge in [0, 0.05) is 29.4 Å². The second-order valence-corrected chi connectivity index (χ2v) is 11.4. The molecule has 242 valence electrons. The van der Waals surface area contributed by atoms with Gasteiger partial charge >= 0.3 is 5.97 Å². The number of unbranched alkanes of at least 4 members (excludes halogenated alkanes) is 3. The van der Waals surface area contributed by atoms with Gasteiger partial charge in [-0.3, -0.25) is 14.4 Å². The molecule has 0 bridgehead atoms. The van der Waals surface area contributed by atoms with E-state index in [4.69, 9.17) is 4.74 Å². The van der Waals surface area contributed by atoms with Gasteiger partial charge in [0.2, 0.25) is 5.78 Å². The van der Waals surface area contributed by atoms with Crippen LogP contribution in [0.5, 0.6) is 0 Å². The van der Waals surface area contributed by atoms with E-state index < -0.39 is 5.97 Å². The summed E-state index contributed by atoms with van der Waals surface area (Å²) in [5.74, 6) is -0.711. The quantitative estimate of drug-likeness (QED) is 0.102. The minimum Gasteiger partial charge on any atom is -0.468 e. The van der Waals surface area contributed by atoms with E-state index in [1.165, 1.54) is 56.3 Å². The molecule has 44 heavy (non-hydrogen) atoms. The fraction of sp³-hybridized carbons (Fsp3) is 0.528. The van der Waals surface area contributed by atoms with Crippen molar-refractivity contribution in [3.05, 3.63) is 76.6 Å². The van der Waals surface area contributed by atoms with Gasteiger partial charge in [-0.25, -0.2) is 0 Å². The number of carbonyl (C=O) groups excluding carboxylic acids is 3. The van der Waals surface area contributed by atoms with Gasteiger partial charge in [0.25, 0.3) is 5.91 Å². The lowest BCUT2D eigenvalue weighted by atomic mass is 10.00. The Morgan fingerprint density at radius 1 is 0.773 bits per heavy atom. The van der Waals surface area contributed by atoms with E-state index in [1.54, 1.807) is 12.3 Å². The van der Waals surface area contributed by atoms with Crippen LogP contribution in [0.3, 0.4) is 0 Å². The average molecular weight is 626 g/mol. The number of rotatable bonds is 19. The van der Waals surface area contributed by atoms with Crippen molar-refractivity contribution in [3.8, 4) is 0 Å². The summed E-state index contributed by atoms with van der Waals surface area (Å²) in [6, 6.07) is 13.6. The summed E-state index contributed by atoms with van der Waals surface area (Å²) in [6.07, 6.45) is 11.6. The molecule has 0 atom stereocenters. The molecule has 2 aromatic heterocycles. The van der Waals surface area contributed by atoms with Gasteiger partial charge < -0.3 is 18.9 Å². The maximum Gasteiger partial charge on any atom is 0.325 e. The maximum absolute atomic E-state index is 13.9. The van der Waals surface area contributed by atoms with Crippen molar-refractivity contribution in [1.82, 2.24) is 14.2 Å². The van der Waals surface area contributed by atoms with E-state index in [1.807, 2.05) is 35.6 Å². The van der Waals surface area contributed by atoms with E-state index in [-0.39, 0.29) is 30.6 Å². The van der Waals surface area contributed by atoms with Crippen molar-refractivity contribution in [2.45, 2.75) is 85.5 Å². The van der Waals surface area contributed by atoms with Crippen LogP contribution < -0.4 is 0 Å². The van der Waals surface area contributed by atoms with Crippen molar-refractivity contribution < 1.29 is 19.1 Å². The number of nitrogens with zero attached hydrogens (tertiary/aromatic N) is 3. The molecule has 0 fully saturated rings. The number of likely N-dealkylation sites (N-methyl/N-ethyl adjacent to an activating group) is 1. The third kappa shape index (κ3) is 10.2. The van der Waals surface area contributed by atoms with E-state index in [0.717, 1.165) is 49.7 Å². The molecule has 0 aliphatic rings. The lowest BCUT2D eigenvalue weighted by Gasteiger charge is -2.21. The summed E-state index contributed by atoms with van der Waals surface area (Å²) >= 11 is 0. The van der Waals surface area contributed by atoms with Gasteiger partial charge in [0.15, 0.2) is 0 Å². The Hall–Kier alpha value is -3.16. The number of aromatic nitrogens is 1. The number of ether oxygens (including phenoxy) is 1. The summed E-state index contributed by atoms with van der Waals surface area (Å²) in [7, 11) is 1.31.